The molecule has 4 heteroatoms. The van der Waals surface area contributed by atoms with E-state index in [-0.39, 0.29) is 6.71 Å². The van der Waals surface area contributed by atoms with Crippen LogP contribution in [-0.4, -0.2) is 20.8 Å². The second kappa shape index (κ2) is 10.6. The highest BCUT2D eigenvalue weighted by Crippen LogP contribution is 2.33. The van der Waals surface area contributed by atoms with Crippen molar-refractivity contribution in [1.29, 1.82) is 0 Å². The van der Waals surface area contributed by atoms with Crippen molar-refractivity contribution in [2.24, 2.45) is 0 Å². The summed E-state index contributed by atoms with van der Waals surface area (Å²) in [5.74, 6) is 0. The molecule has 4 aromatic rings. The van der Waals surface area contributed by atoms with Gasteiger partial charge in [0.2, 0.25) is 6.71 Å². The van der Waals surface area contributed by atoms with E-state index in [1.165, 1.54) is 66.6 Å². The van der Waals surface area contributed by atoms with Gasteiger partial charge in [0.15, 0.2) is 0 Å². The first-order chi connectivity index (χ1) is 17.0. The lowest BCUT2D eigenvalue weighted by molar-refractivity contribution is 1.13. The molecule has 0 fully saturated rings. The molecule has 0 unspecified atom stereocenters. The van der Waals surface area contributed by atoms with Gasteiger partial charge in [0.05, 0.1) is 0 Å². The van der Waals surface area contributed by atoms with Crippen LogP contribution < -0.4 is 21.3 Å². The van der Waals surface area contributed by atoms with Crippen molar-refractivity contribution in [2.75, 3.05) is 19.0 Å². The molecule has 4 rings (SSSR count). The Morgan fingerprint density at radius 2 is 0.972 bits per heavy atom. The summed E-state index contributed by atoms with van der Waals surface area (Å²) >= 11 is 7.51. The Bertz CT molecular complexity index is 1350. The van der Waals surface area contributed by atoms with Gasteiger partial charge in [-0.3, -0.25) is 0 Å². The summed E-state index contributed by atoms with van der Waals surface area (Å²) in [5.41, 5.74) is 15.8. The molecule has 0 amide bonds. The molecule has 0 saturated heterocycles. The minimum Gasteiger partial charge on any atom is -0.377 e. The minimum atomic E-state index is 0.109. The van der Waals surface area contributed by atoms with Gasteiger partial charge in [0.1, 0.15) is 0 Å². The maximum atomic E-state index is 3.82. The van der Waals surface area contributed by atoms with Crippen LogP contribution in [0.1, 0.15) is 33.4 Å². The Kier molecular flexibility index (Phi) is 7.87. The van der Waals surface area contributed by atoms with Crippen LogP contribution in [0, 0.1) is 41.5 Å². The maximum absolute atomic E-state index is 3.82. The van der Waals surface area contributed by atoms with Crippen molar-refractivity contribution >= 4 is 60.6 Å². The Balaban J connectivity index is 2.14. The second-order valence-corrected chi connectivity index (χ2v) is 12.2. The average Bonchev–Trinajstić information content (AvgIpc) is 2.77. The van der Waals surface area contributed by atoms with Crippen molar-refractivity contribution < 1.29 is 0 Å². The molecular weight excluding hydrogens is 569 g/mol. The number of anilines is 1. The zero-order chi connectivity index (χ0) is 26.3. The third kappa shape index (κ3) is 5.22. The molecule has 0 aliphatic carbocycles. The van der Waals surface area contributed by atoms with Gasteiger partial charge in [0, 0.05) is 34.3 Å². The van der Waals surface area contributed by atoms with Gasteiger partial charge in [-0.25, -0.2) is 0 Å². The molecular formula is C32H34BBr2N. The minimum absolute atomic E-state index is 0.109. The third-order valence-corrected chi connectivity index (χ3v) is 8.10. The van der Waals surface area contributed by atoms with Crippen LogP contribution in [0.2, 0.25) is 0 Å². The van der Waals surface area contributed by atoms with Crippen LogP contribution in [0.15, 0.2) is 69.6 Å². The fraction of sp³-hybridized carbons (Fsp3) is 0.250. The van der Waals surface area contributed by atoms with Crippen LogP contribution >= 0.6 is 31.9 Å². The zero-order valence-corrected chi connectivity index (χ0v) is 25.7. The Labute approximate surface area is 234 Å². The molecule has 0 heterocycles. The first-order valence-corrected chi connectivity index (χ1v) is 14.0. The first-order valence-electron chi connectivity index (χ1n) is 12.4. The fourth-order valence-electron chi connectivity index (χ4n) is 5.87. The van der Waals surface area contributed by atoms with Gasteiger partial charge in [-0.15, -0.1) is 0 Å². The van der Waals surface area contributed by atoms with Gasteiger partial charge in [-0.05, 0) is 65.3 Å². The summed E-state index contributed by atoms with van der Waals surface area (Å²) < 4.78 is 2.18. The molecule has 0 bridgehead atoms. The number of benzene rings is 4. The lowest BCUT2D eigenvalue weighted by Crippen LogP contribution is -2.56. The molecule has 36 heavy (non-hydrogen) atoms. The Hall–Kier alpha value is -2.30. The van der Waals surface area contributed by atoms with Gasteiger partial charge in [0.25, 0.3) is 0 Å². The highest BCUT2D eigenvalue weighted by atomic mass is 79.9. The predicted molar refractivity (Wildman–Crippen MR) is 168 cm³/mol. The molecule has 0 radical (unpaired) electrons. The van der Waals surface area contributed by atoms with Crippen molar-refractivity contribution in [3.05, 3.63) is 103 Å². The van der Waals surface area contributed by atoms with E-state index in [2.05, 4.69) is 153 Å². The molecule has 0 atom stereocenters. The summed E-state index contributed by atoms with van der Waals surface area (Å²) in [6, 6.07) is 22.7. The molecule has 0 saturated carbocycles. The van der Waals surface area contributed by atoms with E-state index in [0.29, 0.717) is 0 Å². The van der Waals surface area contributed by atoms with E-state index in [1.807, 2.05) is 0 Å². The SMILES string of the molecule is Cc1cc(C)c(B(c2cc(Br)ccc2-c2ccc(Br)cc2N(C)C)c2c(C)cc(C)cc2C)c(C)c1. The lowest BCUT2D eigenvalue weighted by atomic mass is 9.33. The molecule has 0 aliphatic heterocycles. The molecule has 0 aromatic heterocycles. The number of aryl methyl sites for hydroxylation is 6. The largest absolute Gasteiger partial charge is 0.377 e. The topological polar surface area (TPSA) is 3.24 Å². The van der Waals surface area contributed by atoms with E-state index in [9.17, 15) is 0 Å². The molecule has 0 aliphatic rings. The third-order valence-electron chi connectivity index (χ3n) is 7.11. The molecule has 1 nitrogen and oxygen atoms in total. The Morgan fingerprint density at radius 3 is 1.42 bits per heavy atom. The number of hydrogen-bond acceptors (Lipinski definition) is 1. The van der Waals surface area contributed by atoms with Crippen molar-refractivity contribution in [3.8, 4) is 11.1 Å². The number of halogens is 2. The van der Waals surface area contributed by atoms with Gasteiger partial charge in [-0.1, -0.05) is 124 Å². The highest BCUT2D eigenvalue weighted by molar-refractivity contribution is 9.10. The summed E-state index contributed by atoms with van der Waals surface area (Å²) in [6.45, 7) is 13.6. The van der Waals surface area contributed by atoms with Crippen LogP contribution in [0.25, 0.3) is 11.1 Å². The molecule has 0 N–H and O–H groups in total. The maximum Gasteiger partial charge on any atom is 0.243 e. The predicted octanol–water partition coefficient (Wildman–Crippen LogP) is 7.31. The van der Waals surface area contributed by atoms with Gasteiger partial charge >= 0.3 is 0 Å². The molecule has 4 aromatic carbocycles. The van der Waals surface area contributed by atoms with E-state index in [1.54, 1.807) is 0 Å². The van der Waals surface area contributed by atoms with Crippen LogP contribution in [0.4, 0.5) is 5.69 Å². The summed E-state index contributed by atoms with van der Waals surface area (Å²) in [6.07, 6.45) is 0. The number of nitrogens with zero attached hydrogens (tertiary/aromatic N) is 1. The van der Waals surface area contributed by atoms with Crippen molar-refractivity contribution in [3.63, 3.8) is 0 Å². The van der Waals surface area contributed by atoms with Crippen molar-refractivity contribution in [1.82, 2.24) is 0 Å². The molecule has 184 valence electrons. The summed E-state index contributed by atoms with van der Waals surface area (Å²) in [4.78, 5) is 2.20. The van der Waals surface area contributed by atoms with Crippen LogP contribution in [-0.2, 0) is 0 Å². The van der Waals surface area contributed by atoms with E-state index < -0.39 is 0 Å². The van der Waals surface area contributed by atoms with Gasteiger partial charge in [-0.2, -0.15) is 0 Å². The van der Waals surface area contributed by atoms with E-state index >= 15 is 0 Å². The quantitative estimate of drug-likeness (QED) is 0.217. The van der Waals surface area contributed by atoms with E-state index in [4.69, 9.17) is 0 Å². The monoisotopic (exact) mass is 601 g/mol. The number of rotatable bonds is 5. The lowest BCUT2D eigenvalue weighted by Gasteiger charge is -2.28. The molecule has 0 spiro atoms. The van der Waals surface area contributed by atoms with Gasteiger partial charge < -0.3 is 4.90 Å². The second-order valence-electron chi connectivity index (χ2n) is 10.3. The van der Waals surface area contributed by atoms with E-state index in [0.717, 1.165) is 8.95 Å². The highest BCUT2D eigenvalue weighted by Gasteiger charge is 2.31. The fourth-order valence-corrected chi connectivity index (χ4v) is 6.60. The van der Waals surface area contributed by atoms with Crippen LogP contribution in [0.5, 0.6) is 0 Å². The standard InChI is InChI=1S/C32H34BBr2N/c1-19-13-21(3)31(22(4)14-19)33(32-23(5)15-20(2)16-24(32)6)29-17-25(34)9-11-27(29)28-12-10-26(35)18-30(28)36(7)8/h9-18H,1-8H3. The van der Waals surface area contributed by atoms with Crippen molar-refractivity contribution in [2.45, 2.75) is 41.5 Å². The smallest absolute Gasteiger partial charge is 0.243 e. The summed E-state index contributed by atoms with van der Waals surface area (Å²) in [7, 11) is 4.23. The Morgan fingerprint density at radius 1 is 0.556 bits per heavy atom. The summed E-state index contributed by atoms with van der Waals surface area (Å²) in [5, 5.41) is 0. The zero-order valence-electron chi connectivity index (χ0n) is 22.6. The first kappa shape index (κ1) is 26.8. The normalized spacial score (nSPS) is 11.1. The van der Waals surface area contributed by atoms with Crippen LogP contribution in [0.3, 0.4) is 0 Å². The average molecular weight is 603 g/mol. The number of hydrogen-bond donors (Lipinski definition) is 0.